The Morgan fingerprint density at radius 3 is 2.20 bits per heavy atom. The van der Waals surface area contributed by atoms with E-state index in [9.17, 15) is 23.1 Å². The number of nitrogens with one attached hydrogen (secondary N) is 1. The topological polar surface area (TPSA) is 101 Å². The highest BCUT2D eigenvalue weighted by atomic mass is 35.5. The van der Waals surface area contributed by atoms with Gasteiger partial charge in [-0.15, -0.1) is 0 Å². The maximum Gasteiger partial charge on any atom is 0.326 e. The van der Waals surface area contributed by atoms with Gasteiger partial charge in [-0.1, -0.05) is 29.8 Å². The molecule has 2 aromatic carbocycles. The van der Waals surface area contributed by atoms with E-state index in [0.29, 0.717) is 5.02 Å². The molecule has 0 spiro atoms. The molecule has 8 heteroatoms. The molecule has 0 aliphatic carbocycles. The fourth-order valence-electron chi connectivity index (χ4n) is 2.12. The van der Waals surface area contributed by atoms with Crippen molar-refractivity contribution in [3.05, 3.63) is 65.2 Å². The van der Waals surface area contributed by atoms with E-state index in [1.807, 2.05) is 0 Å². The molecule has 0 bridgehead atoms. The summed E-state index contributed by atoms with van der Waals surface area (Å²) in [5.74, 6) is -2.30. The summed E-state index contributed by atoms with van der Waals surface area (Å²) in [6, 6.07) is 12.3. The molecule has 0 saturated heterocycles. The molecule has 0 radical (unpaired) electrons. The van der Waals surface area contributed by atoms with Crippen LogP contribution in [0.25, 0.3) is 0 Å². The number of hydrogen-bond acceptors (Lipinski definition) is 4. The van der Waals surface area contributed by atoms with Crippen molar-refractivity contribution in [2.75, 3.05) is 5.75 Å². The molecule has 2 N–H and O–H groups in total. The van der Waals surface area contributed by atoms with Crippen LogP contribution in [0.15, 0.2) is 59.5 Å². The predicted octanol–water partition coefficient (Wildman–Crippen LogP) is 2.39. The minimum atomic E-state index is -3.63. The van der Waals surface area contributed by atoms with Crippen LogP contribution in [0.3, 0.4) is 0 Å². The average Bonchev–Trinajstić information content (AvgIpc) is 2.59. The van der Waals surface area contributed by atoms with Gasteiger partial charge in [0.1, 0.15) is 6.04 Å². The predicted molar refractivity (Wildman–Crippen MR) is 93.5 cm³/mol. The van der Waals surface area contributed by atoms with Crippen molar-refractivity contribution in [1.29, 1.82) is 0 Å². The van der Waals surface area contributed by atoms with Gasteiger partial charge in [0.2, 0.25) is 0 Å². The molecule has 2 rings (SSSR count). The number of amides is 1. The van der Waals surface area contributed by atoms with E-state index in [-0.39, 0.29) is 16.9 Å². The van der Waals surface area contributed by atoms with E-state index in [1.165, 1.54) is 36.4 Å². The summed E-state index contributed by atoms with van der Waals surface area (Å²) in [6.07, 6.45) is -0.244. The lowest BCUT2D eigenvalue weighted by Gasteiger charge is -2.15. The second-order valence-corrected chi connectivity index (χ2v) is 7.84. The van der Waals surface area contributed by atoms with E-state index in [4.69, 9.17) is 11.6 Å². The van der Waals surface area contributed by atoms with E-state index in [2.05, 4.69) is 5.32 Å². The lowest BCUT2D eigenvalue weighted by molar-refractivity contribution is -0.139. The number of sulfone groups is 1. The van der Waals surface area contributed by atoms with Gasteiger partial charge >= 0.3 is 5.97 Å². The van der Waals surface area contributed by atoms with Crippen LogP contribution >= 0.6 is 11.6 Å². The zero-order valence-corrected chi connectivity index (χ0v) is 14.6. The number of benzene rings is 2. The van der Waals surface area contributed by atoms with E-state index in [0.717, 1.165) is 0 Å². The van der Waals surface area contributed by atoms with Crippen molar-refractivity contribution in [2.45, 2.75) is 17.4 Å². The molecule has 0 aliphatic rings. The van der Waals surface area contributed by atoms with Crippen molar-refractivity contribution < 1.29 is 23.1 Å². The number of carbonyl (C=O) groups excluding carboxylic acids is 1. The van der Waals surface area contributed by atoms with Gasteiger partial charge in [0.25, 0.3) is 5.91 Å². The Labute approximate surface area is 150 Å². The fraction of sp³-hybridized carbons (Fsp3) is 0.176. The summed E-state index contributed by atoms with van der Waals surface area (Å²) < 4.78 is 24.5. The molecule has 0 saturated carbocycles. The number of carboxylic acids is 1. The summed E-state index contributed by atoms with van der Waals surface area (Å²) in [5, 5.41) is 12.0. The maximum atomic E-state index is 12.2. The Kier molecular flexibility index (Phi) is 6.17. The van der Waals surface area contributed by atoms with Crippen molar-refractivity contribution in [3.8, 4) is 0 Å². The SMILES string of the molecule is O=C(N[C@@H](CCS(=O)(=O)c1ccccc1)C(=O)O)c1ccc(Cl)cc1. The molecular weight excluding hydrogens is 366 g/mol. The molecule has 132 valence electrons. The normalized spacial score (nSPS) is 12.4. The van der Waals surface area contributed by atoms with Gasteiger partial charge in [-0.2, -0.15) is 0 Å². The average molecular weight is 382 g/mol. The minimum Gasteiger partial charge on any atom is -0.480 e. The van der Waals surface area contributed by atoms with Gasteiger partial charge in [0.05, 0.1) is 10.6 Å². The Balaban J connectivity index is 2.05. The Hall–Kier alpha value is -2.38. The number of carbonyl (C=O) groups is 2. The van der Waals surface area contributed by atoms with Gasteiger partial charge in [-0.05, 0) is 42.8 Å². The van der Waals surface area contributed by atoms with Crippen LogP contribution < -0.4 is 5.32 Å². The van der Waals surface area contributed by atoms with Crippen LogP contribution in [0.1, 0.15) is 16.8 Å². The monoisotopic (exact) mass is 381 g/mol. The van der Waals surface area contributed by atoms with Gasteiger partial charge in [-0.25, -0.2) is 13.2 Å². The first kappa shape index (κ1) is 19.0. The van der Waals surface area contributed by atoms with Gasteiger partial charge in [0, 0.05) is 10.6 Å². The summed E-state index contributed by atoms with van der Waals surface area (Å²) in [7, 11) is -3.63. The largest absolute Gasteiger partial charge is 0.480 e. The number of halogens is 1. The first-order chi connectivity index (χ1) is 11.8. The van der Waals surface area contributed by atoms with Crippen LogP contribution in [-0.4, -0.2) is 37.2 Å². The molecule has 25 heavy (non-hydrogen) atoms. The quantitative estimate of drug-likeness (QED) is 0.766. The Bertz CT molecular complexity index is 850. The number of rotatable bonds is 7. The minimum absolute atomic E-state index is 0.114. The molecule has 0 fully saturated rings. The highest BCUT2D eigenvalue weighted by Crippen LogP contribution is 2.13. The smallest absolute Gasteiger partial charge is 0.326 e. The molecule has 0 heterocycles. The molecule has 0 aromatic heterocycles. The highest BCUT2D eigenvalue weighted by molar-refractivity contribution is 7.91. The summed E-state index contributed by atoms with van der Waals surface area (Å²) >= 11 is 5.74. The van der Waals surface area contributed by atoms with Gasteiger partial charge in [-0.3, -0.25) is 4.79 Å². The lowest BCUT2D eigenvalue weighted by atomic mass is 10.1. The Morgan fingerprint density at radius 1 is 1.04 bits per heavy atom. The molecule has 0 unspecified atom stereocenters. The molecular formula is C17H16ClNO5S. The zero-order chi connectivity index (χ0) is 18.4. The second-order valence-electron chi connectivity index (χ2n) is 5.29. The molecule has 1 atom stereocenters. The molecule has 6 nitrogen and oxygen atoms in total. The van der Waals surface area contributed by atoms with E-state index in [1.54, 1.807) is 18.2 Å². The zero-order valence-electron chi connectivity index (χ0n) is 13.1. The number of hydrogen-bond donors (Lipinski definition) is 2. The standard InChI is InChI=1S/C17H16ClNO5S/c18-13-8-6-12(7-9-13)16(20)19-15(17(21)22)10-11-25(23,24)14-4-2-1-3-5-14/h1-9,15H,10-11H2,(H,19,20)(H,21,22)/t15-/m0/s1. The maximum absolute atomic E-state index is 12.2. The van der Waals surface area contributed by atoms with Gasteiger partial charge in [0.15, 0.2) is 9.84 Å². The van der Waals surface area contributed by atoms with Crippen molar-refractivity contribution >= 4 is 33.3 Å². The Morgan fingerprint density at radius 2 is 1.64 bits per heavy atom. The first-order valence-electron chi connectivity index (χ1n) is 7.36. The molecule has 1 amide bonds. The molecule has 0 aliphatic heterocycles. The number of carboxylic acid groups (broad SMARTS) is 1. The van der Waals surface area contributed by atoms with Crippen LogP contribution in [-0.2, 0) is 14.6 Å². The highest BCUT2D eigenvalue weighted by Gasteiger charge is 2.24. The lowest BCUT2D eigenvalue weighted by Crippen LogP contribution is -2.41. The first-order valence-corrected chi connectivity index (χ1v) is 9.39. The van der Waals surface area contributed by atoms with Crippen LogP contribution in [0.2, 0.25) is 5.02 Å². The van der Waals surface area contributed by atoms with Crippen molar-refractivity contribution in [2.24, 2.45) is 0 Å². The molecule has 2 aromatic rings. The van der Waals surface area contributed by atoms with E-state index >= 15 is 0 Å². The summed E-state index contributed by atoms with van der Waals surface area (Å²) in [4.78, 5) is 23.6. The summed E-state index contributed by atoms with van der Waals surface area (Å²) in [6.45, 7) is 0. The fourth-order valence-corrected chi connectivity index (χ4v) is 3.60. The van der Waals surface area contributed by atoms with Crippen molar-refractivity contribution in [1.82, 2.24) is 5.32 Å². The third kappa shape index (κ3) is 5.30. The summed E-state index contributed by atoms with van der Waals surface area (Å²) in [5.41, 5.74) is 0.238. The van der Waals surface area contributed by atoms with Gasteiger partial charge < -0.3 is 10.4 Å². The third-order valence-electron chi connectivity index (χ3n) is 3.49. The van der Waals surface area contributed by atoms with E-state index < -0.39 is 33.5 Å². The van der Waals surface area contributed by atoms with Crippen molar-refractivity contribution in [3.63, 3.8) is 0 Å². The second kappa shape index (κ2) is 8.13. The van der Waals surface area contributed by atoms with Crippen LogP contribution in [0.4, 0.5) is 0 Å². The number of aliphatic carboxylic acids is 1. The van der Waals surface area contributed by atoms with Crippen LogP contribution in [0, 0.1) is 0 Å². The van der Waals surface area contributed by atoms with Crippen LogP contribution in [0.5, 0.6) is 0 Å². The third-order valence-corrected chi connectivity index (χ3v) is 5.50.